The molecule has 0 aliphatic heterocycles. The summed E-state index contributed by atoms with van der Waals surface area (Å²) < 4.78 is 9.73. The molecule has 0 radical (unpaired) electrons. The zero-order chi connectivity index (χ0) is 18.2. The summed E-state index contributed by atoms with van der Waals surface area (Å²) in [6.45, 7) is 3.66. The molecule has 0 aliphatic carbocycles. The largest absolute Gasteiger partial charge is 0.466 e. The smallest absolute Gasteiger partial charge is 0.355 e. The van der Waals surface area contributed by atoms with Crippen LogP contribution in [0.2, 0.25) is 0 Å². The van der Waals surface area contributed by atoms with Gasteiger partial charge < -0.3 is 14.5 Å². The van der Waals surface area contributed by atoms with E-state index < -0.39 is 11.9 Å². The van der Waals surface area contributed by atoms with E-state index in [0.29, 0.717) is 16.6 Å². The molecule has 0 saturated heterocycles. The van der Waals surface area contributed by atoms with E-state index in [-0.39, 0.29) is 30.9 Å². The Balaban J connectivity index is 2.32. The summed E-state index contributed by atoms with van der Waals surface area (Å²) in [6.07, 6.45) is -0.333. The summed E-state index contributed by atoms with van der Waals surface area (Å²) in [7, 11) is 0. The van der Waals surface area contributed by atoms with E-state index in [9.17, 15) is 14.4 Å². The molecule has 1 aromatic carbocycles. The number of ether oxygens (including phenoxy) is 2. The molecule has 8 nitrogen and oxygen atoms in total. The maximum absolute atomic E-state index is 12.0. The summed E-state index contributed by atoms with van der Waals surface area (Å²) >= 11 is 0. The third-order valence-electron chi connectivity index (χ3n) is 3.19. The summed E-state index contributed by atoms with van der Waals surface area (Å²) in [5.41, 5.74) is 3.25. The Labute approximate surface area is 143 Å². The number of nitrogens with zero attached hydrogens (tertiary/aromatic N) is 1. The van der Waals surface area contributed by atoms with E-state index in [0.717, 1.165) is 0 Å². The van der Waals surface area contributed by atoms with E-state index in [4.69, 9.17) is 9.47 Å². The van der Waals surface area contributed by atoms with Crippen molar-refractivity contribution in [2.24, 2.45) is 5.10 Å². The number of rotatable bonds is 7. The second-order valence-corrected chi connectivity index (χ2v) is 4.97. The number of H-pyrrole nitrogens is 1. The molecule has 1 aromatic heterocycles. The highest BCUT2D eigenvalue weighted by Gasteiger charge is 2.18. The Bertz CT molecular complexity index is 857. The van der Waals surface area contributed by atoms with Gasteiger partial charge in [-0.3, -0.25) is 15.0 Å². The Kier molecular flexibility index (Phi) is 6.27. The van der Waals surface area contributed by atoms with E-state index in [1.807, 2.05) is 0 Å². The van der Waals surface area contributed by atoms with Gasteiger partial charge in [0.25, 0.3) is 5.56 Å². The van der Waals surface area contributed by atoms with Crippen molar-refractivity contribution in [1.29, 1.82) is 0 Å². The summed E-state index contributed by atoms with van der Waals surface area (Å²) in [5.74, 6) is -1.32. The molecular formula is C17H19N3O5. The lowest BCUT2D eigenvalue weighted by atomic mass is 10.2. The summed E-state index contributed by atoms with van der Waals surface area (Å²) in [5, 5.41) is 4.68. The fourth-order valence-corrected chi connectivity index (χ4v) is 2.15. The number of hydrogen-bond donors (Lipinski definition) is 2. The summed E-state index contributed by atoms with van der Waals surface area (Å²) in [4.78, 5) is 38.1. The molecule has 0 unspecified atom stereocenters. The standard InChI is InChI=1S/C17H19N3O5/c1-3-24-16(22)10-14(17(23)25-4-2)20-19-13-9-15(21)18-12-8-6-5-7-11(12)13/h5-9H,3-4,10H2,1-2H3,(H2,18,19,21)/b20-14+. The van der Waals surface area contributed by atoms with Crippen molar-refractivity contribution in [3.8, 4) is 0 Å². The Hall–Kier alpha value is -3.16. The van der Waals surface area contributed by atoms with Crippen molar-refractivity contribution in [3.63, 3.8) is 0 Å². The molecule has 1 heterocycles. The molecular weight excluding hydrogens is 326 g/mol. The summed E-state index contributed by atoms with van der Waals surface area (Å²) in [6, 6.07) is 8.45. The number of aromatic nitrogens is 1. The van der Waals surface area contributed by atoms with E-state index in [1.54, 1.807) is 38.1 Å². The van der Waals surface area contributed by atoms with Crippen molar-refractivity contribution in [2.45, 2.75) is 20.3 Å². The number of esters is 2. The van der Waals surface area contributed by atoms with Crippen molar-refractivity contribution in [1.82, 2.24) is 4.98 Å². The first-order chi connectivity index (χ1) is 12.0. The number of carbonyl (C=O) groups excluding carboxylic acids is 2. The molecule has 0 saturated carbocycles. The highest BCUT2D eigenvalue weighted by atomic mass is 16.5. The average molecular weight is 345 g/mol. The number of benzene rings is 1. The van der Waals surface area contributed by atoms with E-state index in [1.165, 1.54) is 6.07 Å². The SMILES string of the molecule is CCOC(=O)C/C(=N\Nc1cc(=O)[nH]c2ccccc12)C(=O)OCC. The Morgan fingerprint density at radius 2 is 1.88 bits per heavy atom. The molecule has 0 fully saturated rings. The van der Waals surface area contributed by atoms with E-state index >= 15 is 0 Å². The maximum Gasteiger partial charge on any atom is 0.355 e. The zero-order valence-corrected chi connectivity index (χ0v) is 14.0. The molecule has 8 heteroatoms. The molecule has 2 aromatic rings. The Morgan fingerprint density at radius 1 is 1.16 bits per heavy atom. The number of pyridine rings is 1. The first kappa shape index (κ1) is 18.2. The molecule has 0 aliphatic rings. The van der Waals surface area contributed by atoms with Crippen LogP contribution >= 0.6 is 0 Å². The lowest BCUT2D eigenvalue weighted by Crippen LogP contribution is -2.23. The highest BCUT2D eigenvalue weighted by Crippen LogP contribution is 2.19. The van der Waals surface area contributed by atoms with Crippen LogP contribution < -0.4 is 11.0 Å². The topological polar surface area (TPSA) is 110 Å². The van der Waals surface area contributed by atoms with Gasteiger partial charge in [0.05, 0.1) is 30.8 Å². The van der Waals surface area contributed by atoms with Crippen molar-refractivity contribution >= 4 is 34.2 Å². The molecule has 25 heavy (non-hydrogen) atoms. The predicted molar refractivity (Wildman–Crippen MR) is 93.5 cm³/mol. The second-order valence-electron chi connectivity index (χ2n) is 4.97. The van der Waals surface area contributed by atoms with Crippen molar-refractivity contribution in [2.75, 3.05) is 18.6 Å². The normalized spacial score (nSPS) is 11.2. The van der Waals surface area contributed by atoms with Gasteiger partial charge in [-0.25, -0.2) is 4.79 Å². The number of nitrogens with one attached hydrogen (secondary N) is 2. The quantitative estimate of drug-likeness (QED) is 0.450. The molecule has 0 spiro atoms. The van der Waals surface area contributed by atoms with Gasteiger partial charge in [-0.05, 0) is 19.9 Å². The minimum absolute atomic E-state index is 0.135. The number of anilines is 1. The minimum Gasteiger partial charge on any atom is -0.466 e. The monoisotopic (exact) mass is 345 g/mol. The van der Waals surface area contributed by atoms with Crippen molar-refractivity contribution < 1.29 is 19.1 Å². The third kappa shape index (κ3) is 4.90. The predicted octanol–water partition coefficient (Wildman–Crippen LogP) is 1.81. The van der Waals surface area contributed by atoms with Crippen LogP contribution in [-0.4, -0.2) is 35.8 Å². The number of fused-ring (bicyclic) bond motifs is 1. The molecule has 2 rings (SSSR count). The van der Waals surface area contributed by atoms with Crippen LogP contribution in [0.5, 0.6) is 0 Å². The number of hydrogen-bond acceptors (Lipinski definition) is 7. The molecule has 0 bridgehead atoms. The average Bonchev–Trinajstić information content (AvgIpc) is 2.58. The van der Waals surface area contributed by atoms with Gasteiger partial charge in [0.2, 0.25) is 0 Å². The van der Waals surface area contributed by atoms with Crippen LogP contribution in [0.1, 0.15) is 20.3 Å². The Morgan fingerprint density at radius 3 is 2.60 bits per heavy atom. The second kappa shape index (κ2) is 8.62. The van der Waals surface area contributed by atoms with Gasteiger partial charge in [0, 0.05) is 11.5 Å². The van der Waals surface area contributed by atoms with Gasteiger partial charge in [0.1, 0.15) is 0 Å². The number of hydrazone groups is 1. The first-order valence-corrected chi connectivity index (χ1v) is 7.82. The fourth-order valence-electron chi connectivity index (χ4n) is 2.15. The van der Waals surface area contributed by atoms with E-state index in [2.05, 4.69) is 15.5 Å². The lowest BCUT2D eigenvalue weighted by molar-refractivity contribution is -0.143. The van der Waals surface area contributed by atoms with Gasteiger partial charge in [0.15, 0.2) is 5.71 Å². The van der Waals surface area contributed by atoms with Crippen LogP contribution in [0.4, 0.5) is 5.69 Å². The van der Waals surface area contributed by atoms with Crippen LogP contribution in [0.3, 0.4) is 0 Å². The minimum atomic E-state index is -0.725. The fraction of sp³-hybridized carbons (Fsp3) is 0.294. The van der Waals surface area contributed by atoms with Gasteiger partial charge >= 0.3 is 11.9 Å². The molecule has 0 amide bonds. The highest BCUT2D eigenvalue weighted by molar-refractivity contribution is 6.39. The zero-order valence-electron chi connectivity index (χ0n) is 14.0. The number of para-hydroxylation sites is 1. The van der Waals surface area contributed by atoms with Gasteiger partial charge in [-0.1, -0.05) is 18.2 Å². The third-order valence-corrected chi connectivity index (χ3v) is 3.19. The van der Waals surface area contributed by atoms with Crippen LogP contribution in [0, 0.1) is 0 Å². The first-order valence-electron chi connectivity index (χ1n) is 7.82. The number of carbonyl (C=O) groups is 2. The number of aromatic amines is 1. The van der Waals surface area contributed by atoms with Crippen LogP contribution in [0.15, 0.2) is 40.2 Å². The molecule has 0 atom stereocenters. The van der Waals surface area contributed by atoms with Crippen LogP contribution in [0.25, 0.3) is 10.9 Å². The van der Waals surface area contributed by atoms with Gasteiger partial charge in [-0.15, -0.1) is 0 Å². The molecule has 132 valence electrons. The van der Waals surface area contributed by atoms with Crippen LogP contribution in [-0.2, 0) is 19.1 Å². The molecule has 2 N–H and O–H groups in total. The van der Waals surface area contributed by atoms with Gasteiger partial charge in [-0.2, -0.15) is 5.10 Å². The maximum atomic E-state index is 12.0. The van der Waals surface area contributed by atoms with Crippen molar-refractivity contribution in [3.05, 3.63) is 40.7 Å². The lowest BCUT2D eigenvalue weighted by Gasteiger charge is -2.08.